The number of para-hydroxylation sites is 2. The van der Waals surface area contributed by atoms with Gasteiger partial charge in [-0.2, -0.15) is 0 Å². The van der Waals surface area contributed by atoms with Gasteiger partial charge in [-0.25, -0.2) is 0 Å². The molecule has 20 heavy (non-hydrogen) atoms. The second kappa shape index (κ2) is 6.56. The van der Waals surface area contributed by atoms with Crippen molar-refractivity contribution in [2.75, 3.05) is 5.32 Å². The summed E-state index contributed by atoms with van der Waals surface area (Å²) in [6.45, 7) is 1.70. The number of anilines is 1. The van der Waals surface area contributed by atoms with Gasteiger partial charge in [0, 0.05) is 0 Å². The van der Waals surface area contributed by atoms with Crippen LogP contribution in [-0.4, -0.2) is 17.3 Å². The molecule has 0 aromatic heterocycles. The van der Waals surface area contributed by atoms with Gasteiger partial charge in [0.15, 0.2) is 5.75 Å². The number of alkyl halides is 3. The number of nitrogens with two attached hydrogens (primary N) is 1. The van der Waals surface area contributed by atoms with Gasteiger partial charge < -0.3 is 15.8 Å². The van der Waals surface area contributed by atoms with E-state index in [0.29, 0.717) is 6.42 Å². The van der Waals surface area contributed by atoms with Crippen molar-refractivity contribution in [2.45, 2.75) is 19.7 Å². The molecule has 0 fully saturated rings. The van der Waals surface area contributed by atoms with Gasteiger partial charge in [0.2, 0.25) is 5.91 Å². The van der Waals surface area contributed by atoms with E-state index < -0.39 is 23.9 Å². The summed E-state index contributed by atoms with van der Waals surface area (Å²) in [6, 6.07) is 5.23. The van der Waals surface area contributed by atoms with Crippen LogP contribution in [0, 0.1) is 5.92 Å². The molecule has 0 spiro atoms. The molecule has 1 amide bonds. The summed E-state index contributed by atoms with van der Waals surface area (Å²) in [5.41, 5.74) is 5.31. The first-order valence-electron chi connectivity index (χ1n) is 5.69. The molecule has 0 bridgehead atoms. The van der Waals surface area contributed by atoms with Crippen LogP contribution < -0.4 is 15.8 Å². The number of halogens is 3. The van der Waals surface area contributed by atoms with Crippen molar-refractivity contribution >= 4 is 28.8 Å². The van der Waals surface area contributed by atoms with Crippen molar-refractivity contribution in [1.82, 2.24) is 0 Å². The van der Waals surface area contributed by atoms with Crippen LogP contribution >= 0.6 is 12.2 Å². The van der Waals surface area contributed by atoms with Crippen molar-refractivity contribution in [1.29, 1.82) is 0 Å². The van der Waals surface area contributed by atoms with Crippen LogP contribution in [0.3, 0.4) is 0 Å². The minimum absolute atomic E-state index is 0.0146. The first kappa shape index (κ1) is 16.2. The maximum Gasteiger partial charge on any atom is 0.573 e. The number of benzene rings is 1. The minimum atomic E-state index is -4.84. The molecule has 8 heteroatoms. The first-order valence-corrected chi connectivity index (χ1v) is 6.10. The number of nitrogens with one attached hydrogen (secondary N) is 1. The highest BCUT2D eigenvalue weighted by Gasteiger charge is 2.32. The number of hydrogen-bond donors (Lipinski definition) is 2. The predicted octanol–water partition coefficient (Wildman–Crippen LogP) is 2.84. The average molecular weight is 306 g/mol. The highest BCUT2D eigenvalue weighted by Crippen LogP contribution is 2.30. The molecule has 110 valence electrons. The fourth-order valence-electron chi connectivity index (χ4n) is 1.52. The Morgan fingerprint density at radius 3 is 2.55 bits per heavy atom. The normalized spacial score (nSPS) is 12.6. The van der Waals surface area contributed by atoms with Gasteiger partial charge in [0.05, 0.1) is 16.6 Å². The molecule has 0 heterocycles. The molecule has 1 atom stereocenters. The van der Waals surface area contributed by atoms with Crippen LogP contribution in [-0.2, 0) is 4.79 Å². The molecule has 1 rings (SSSR count). The third-order valence-electron chi connectivity index (χ3n) is 2.44. The van der Waals surface area contributed by atoms with E-state index in [2.05, 4.69) is 10.1 Å². The second-order valence-electron chi connectivity index (χ2n) is 3.90. The molecule has 0 aliphatic rings. The van der Waals surface area contributed by atoms with E-state index in [-0.39, 0.29) is 10.7 Å². The lowest BCUT2D eigenvalue weighted by Gasteiger charge is -2.16. The van der Waals surface area contributed by atoms with E-state index in [4.69, 9.17) is 18.0 Å². The Balaban J connectivity index is 2.92. The molecule has 0 radical (unpaired) electrons. The number of ether oxygens (including phenoxy) is 1. The quantitative estimate of drug-likeness (QED) is 0.821. The van der Waals surface area contributed by atoms with Gasteiger partial charge in [-0.1, -0.05) is 31.3 Å². The van der Waals surface area contributed by atoms with Crippen LogP contribution in [0.15, 0.2) is 24.3 Å². The topological polar surface area (TPSA) is 64.3 Å². The molecule has 1 aromatic carbocycles. The molecular formula is C12H13F3N2O2S. The Bertz CT molecular complexity index is 506. The van der Waals surface area contributed by atoms with Gasteiger partial charge in [-0.3, -0.25) is 4.79 Å². The van der Waals surface area contributed by atoms with E-state index in [9.17, 15) is 18.0 Å². The van der Waals surface area contributed by atoms with E-state index in [0.717, 1.165) is 6.07 Å². The number of carbonyl (C=O) groups is 1. The summed E-state index contributed by atoms with van der Waals surface area (Å²) in [4.78, 5) is 11.9. The van der Waals surface area contributed by atoms with Crippen LogP contribution in [0.25, 0.3) is 0 Å². The third-order valence-corrected chi connectivity index (χ3v) is 2.72. The first-order chi connectivity index (χ1) is 9.24. The molecular weight excluding hydrogens is 293 g/mol. The lowest BCUT2D eigenvalue weighted by atomic mass is 10.1. The zero-order chi connectivity index (χ0) is 15.3. The molecule has 4 nitrogen and oxygen atoms in total. The van der Waals surface area contributed by atoms with Crippen LogP contribution in [0.5, 0.6) is 5.75 Å². The molecule has 1 aromatic rings. The molecule has 3 N–H and O–H groups in total. The van der Waals surface area contributed by atoms with E-state index in [1.54, 1.807) is 6.92 Å². The fraction of sp³-hybridized carbons (Fsp3) is 0.333. The van der Waals surface area contributed by atoms with Gasteiger partial charge in [0.1, 0.15) is 0 Å². The van der Waals surface area contributed by atoms with E-state index in [1.165, 1.54) is 18.2 Å². The Hall–Kier alpha value is -1.83. The number of carbonyl (C=O) groups excluding carboxylic acids is 1. The Kier molecular flexibility index (Phi) is 5.32. The number of rotatable bonds is 5. The van der Waals surface area contributed by atoms with Gasteiger partial charge in [0.25, 0.3) is 0 Å². The maximum atomic E-state index is 12.2. The van der Waals surface area contributed by atoms with Crippen LogP contribution in [0.4, 0.5) is 18.9 Å². The van der Waals surface area contributed by atoms with Crippen molar-refractivity contribution in [2.24, 2.45) is 11.7 Å². The smallest absolute Gasteiger partial charge is 0.404 e. The second-order valence-corrected chi connectivity index (χ2v) is 4.37. The highest BCUT2D eigenvalue weighted by atomic mass is 32.1. The largest absolute Gasteiger partial charge is 0.573 e. The van der Waals surface area contributed by atoms with Crippen molar-refractivity contribution in [3.05, 3.63) is 24.3 Å². The summed E-state index contributed by atoms with van der Waals surface area (Å²) in [7, 11) is 0. The van der Waals surface area contributed by atoms with Gasteiger partial charge in [-0.05, 0) is 18.6 Å². The monoisotopic (exact) mass is 306 g/mol. The molecule has 0 saturated carbocycles. The van der Waals surface area contributed by atoms with Gasteiger partial charge in [-0.15, -0.1) is 13.2 Å². The zero-order valence-electron chi connectivity index (χ0n) is 10.5. The van der Waals surface area contributed by atoms with Crippen molar-refractivity contribution < 1.29 is 22.7 Å². The van der Waals surface area contributed by atoms with E-state index >= 15 is 0 Å². The SMILES string of the molecule is CCC(C(=O)Nc1ccccc1OC(F)(F)F)C(N)=S. The molecule has 1 unspecified atom stereocenters. The average Bonchev–Trinajstić information content (AvgIpc) is 2.30. The van der Waals surface area contributed by atoms with E-state index in [1.807, 2.05) is 0 Å². The standard InChI is InChI=1S/C12H13F3N2O2S/c1-2-7(10(16)20)11(18)17-8-5-3-4-6-9(8)19-12(13,14)15/h3-7H,2H2,1H3,(H2,16,20)(H,17,18). The van der Waals surface area contributed by atoms with Crippen molar-refractivity contribution in [3.8, 4) is 5.75 Å². The van der Waals surface area contributed by atoms with Crippen molar-refractivity contribution in [3.63, 3.8) is 0 Å². The Labute approximate surface area is 119 Å². The zero-order valence-corrected chi connectivity index (χ0v) is 11.3. The summed E-state index contributed by atoms with van der Waals surface area (Å²) < 4.78 is 40.5. The fourth-order valence-corrected chi connectivity index (χ4v) is 1.79. The lowest BCUT2D eigenvalue weighted by molar-refractivity contribution is -0.274. The molecule has 0 aliphatic heterocycles. The van der Waals surface area contributed by atoms with Crippen LogP contribution in [0.1, 0.15) is 13.3 Å². The maximum absolute atomic E-state index is 12.2. The summed E-state index contributed by atoms with van der Waals surface area (Å²) in [6.07, 6.45) is -4.49. The highest BCUT2D eigenvalue weighted by molar-refractivity contribution is 7.80. The Morgan fingerprint density at radius 1 is 1.45 bits per heavy atom. The molecule has 0 aliphatic carbocycles. The molecule has 0 saturated heterocycles. The third kappa shape index (κ3) is 4.69. The number of hydrogen-bond acceptors (Lipinski definition) is 3. The van der Waals surface area contributed by atoms with Gasteiger partial charge >= 0.3 is 6.36 Å². The Morgan fingerprint density at radius 2 is 2.05 bits per heavy atom. The van der Waals surface area contributed by atoms with Crippen LogP contribution in [0.2, 0.25) is 0 Å². The number of amides is 1. The number of thiocarbonyl (C=S) groups is 1. The lowest BCUT2D eigenvalue weighted by Crippen LogP contribution is -2.33. The summed E-state index contributed by atoms with van der Waals surface area (Å²) >= 11 is 4.73. The predicted molar refractivity (Wildman–Crippen MR) is 72.3 cm³/mol. The minimum Gasteiger partial charge on any atom is -0.404 e. The summed E-state index contributed by atoms with van der Waals surface area (Å²) in [5.74, 6) is -1.81. The summed E-state index contributed by atoms with van der Waals surface area (Å²) in [5, 5.41) is 2.33.